The van der Waals surface area contributed by atoms with Crippen molar-refractivity contribution in [2.45, 2.75) is 51.7 Å². The number of aliphatic hydroxyl groups is 1. The first-order valence-corrected chi connectivity index (χ1v) is 6.50. The minimum absolute atomic E-state index is 0.0489. The highest BCUT2D eigenvalue weighted by molar-refractivity contribution is 4.93. The second-order valence-electron chi connectivity index (χ2n) is 6.30. The fraction of sp³-hybridized carbons (Fsp3) is 1.00. The third-order valence-electron chi connectivity index (χ3n) is 3.34. The molecule has 1 saturated heterocycles. The van der Waals surface area contributed by atoms with Gasteiger partial charge >= 0.3 is 0 Å². The molecule has 0 aromatic heterocycles. The topological polar surface area (TPSA) is 44.7 Å². The zero-order valence-corrected chi connectivity index (χ0v) is 11.9. The molecule has 0 saturated carbocycles. The minimum atomic E-state index is -0.247. The van der Waals surface area contributed by atoms with Crippen LogP contribution in [0, 0.1) is 0 Å². The van der Waals surface area contributed by atoms with Crippen molar-refractivity contribution in [3.05, 3.63) is 0 Å². The molecule has 17 heavy (non-hydrogen) atoms. The van der Waals surface area contributed by atoms with Gasteiger partial charge in [-0.1, -0.05) is 13.8 Å². The Hall–Kier alpha value is -0.160. The van der Waals surface area contributed by atoms with Crippen molar-refractivity contribution in [3.8, 4) is 0 Å². The van der Waals surface area contributed by atoms with Crippen molar-refractivity contribution >= 4 is 0 Å². The van der Waals surface area contributed by atoms with Crippen LogP contribution in [0.1, 0.15) is 34.6 Å². The Kier molecular flexibility index (Phi) is 4.95. The lowest BCUT2D eigenvalue weighted by Crippen LogP contribution is -2.62. The molecule has 0 aromatic rings. The molecular weight excluding hydrogens is 216 g/mol. The van der Waals surface area contributed by atoms with E-state index < -0.39 is 0 Å². The monoisotopic (exact) mass is 244 g/mol. The van der Waals surface area contributed by atoms with E-state index in [0.29, 0.717) is 6.04 Å². The van der Waals surface area contributed by atoms with Crippen molar-refractivity contribution in [2.75, 3.05) is 32.9 Å². The zero-order chi connectivity index (χ0) is 13.1. The summed E-state index contributed by atoms with van der Waals surface area (Å²) in [5.74, 6) is 0. The average Bonchev–Trinajstić information content (AvgIpc) is 2.20. The number of aliphatic hydroxyl groups excluding tert-OH is 1. The molecule has 0 bridgehead atoms. The fourth-order valence-corrected chi connectivity index (χ4v) is 2.44. The highest BCUT2D eigenvalue weighted by atomic mass is 16.5. The summed E-state index contributed by atoms with van der Waals surface area (Å²) in [6.45, 7) is 14.2. The van der Waals surface area contributed by atoms with Crippen LogP contribution in [0.15, 0.2) is 0 Å². The van der Waals surface area contributed by atoms with Crippen molar-refractivity contribution in [2.24, 2.45) is 0 Å². The molecule has 4 nitrogen and oxygen atoms in total. The number of hydrogen-bond donors (Lipinski definition) is 2. The summed E-state index contributed by atoms with van der Waals surface area (Å²) in [4.78, 5) is 2.40. The molecule has 0 spiro atoms. The zero-order valence-electron chi connectivity index (χ0n) is 11.9. The lowest BCUT2D eigenvalue weighted by Gasteiger charge is -2.46. The Labute approximate surface area is 105 Å². The maximum Gasteiger partial charge on any atom is 0.0645 e. The van der Waals surface area contributed by atoms with Gasteiger partial charge in [-0.05, 0) is 20.8 Å². The first kappa shape index (κ1) is 14.9. The smallest absolute Gasteiger partial charge is 0.0645 e. The lowest BCUT2D eigenvalue weighted by molar-refractivity contribution is -0.0655. The van der Waals surface area contributed by atoms with E-state index >= 15 is 0 Å². The summed E-state index contributed by atoms with van der Waals surface area (Å²) in [7, 11) is 0. The lowest BCUT2D eigenvalue weighted by atomic mass is 9.95. The Balaban J connectivity index is 2.66. The highest BCUT2D eigenvalue weighted by Gasteiger charge is 2.36. The van der Waals surface area contributed by atoms with Crippen LogP contribution in [0.25, 0.3) is 0 Å². The van der Waals surface area contributed by atoms with Gasteiger partial charge in [-0.3, -0.25) is 4.90 Å². The molecule has 0 radical (unpaired) electrons. The molecule has 0 aliphatic carbocycles. The number of nitrogens with zero attached hydrogens (tertiary/aromatic N) is 1. The van der Waals surface area contributed by atoms with E-state index in [-0.39, 0.29) is 17.7 Å². The predicted molar refractivity (Wildman–Crippen MR) is 70.2 cm³/mol. The number of morpholine rings is 1. The molecule has 4 heteroatoms. The molecule has 1 heterocycles. The first-order chi connectivity index (χ1) is 7.79. The normalized spacial score (nSPS) is 24.9. The largest absolute Gasteiger partial charge is 0.394 e. The first-order valence-electron chi connectivity index (χ1n) is 6.50. The van der Waals surface area contributed by atoms with Crippen molar-refractivity contribution < 1.29 is 9.84 Å². The molecular formula is C13H28N2O2. The van der Waals surface area contributed by atoms with Gasteiger partial charge in [0.05, 0.1) is 25.4 Å². The van der Waals surface area contributed by atoms with E-state index in [9.17, 15) is 5.11 Å². The summed E-state index contributed by atoms with van der Waals surface area (Å²) in [6.07, 6.45) is 0. The standard InChI is InChI=1S/C13H28N2O2/c1-11(2)14-13(5,9-16)8-15-6-7-17-10-12(15,3)4/h11,14,16H,6-10H2,1-5H3. The number of nitrogens with one attached hydrogen (secondary N) is 1. The summed E-state index contributed by atoms with van der Waals surface area (Å²) in [6, 6.07) is 0.372. The van der Waals surface area contributed by atoms with Gasteiger partial charge in [0, 0.05) is 24.7 Å². The van der Waals surface area contributed by atoms with Gasteiger partial charge < -0.3 is 15.2 Å². The summed E-state index contributed by atoms with van der Waals surface area (Å²) in [5, 5.41) is 13.1. The molecule has 1 aliphatic rings. The quantitative estimate of drug-likeness (QED) is 0.752. The second kappa shape index (κ2) is 5.65. The van der Waals surface area contributed by atoms with E-state index in [0.717, 1.165) is 26.3 Å². The summed E-state index contributed by atoms with van der Waals surface area (Å²) >= 11 is 0. The fourth-order valence-electron chi connectivity index (χ4n) is 2.44. The highest BCUT2D eigenvalue weighted by Crippen LogP contribution is 2.21. The maximum atomic E-state index is 9.61. The van der Waals surface area contributed by atoms with E-state index in [1.807, 2.05) is 0 Å². The molecule has 1 rings (SSSR count). The minimum Gasteiger partial charge on any atom is -0.394 e. The summed E-state index contributed by atoms with van der Waals surface area (Å²) < 4.78 is 5.52. The number of hydrogen-bond acceptors (Lipinski definition) is 4. The van der Waals surface area contributed by atoms with Gasteiger partial charge in [-0.2, -0.15) is 0 Å². The van der Waals surface area contributed by atoms with Crippen LogP contribution in [-0.2, 0) is 4.74 Å². The van der Waals surface area contributed by atoms with Crippen molar-refractivity contribution in [3.63, 3.8) is 0 Å². The van der Waals surface area contributed by atoms with E-state index in [4.69, 9.17) is 4.74 Å². The third-order valence-corrected chi connectivity index (χ3v) is 3.34. The molecule has 102 valence electrons. The van der Waals surface area contributed by atoms with E-state index in [1.165, 1.54) is 0 Å². The molecule has 1 aliphatic heterocycles. The molecule has 2 N–H and O–H groups in total. The van der Waals surface area contributed by atoms with Crippen LogP contribution in [0.4, 0.5) is 0 Å². The van der Waals surface area contributed by atoms with Crippen molar-refractivity contribution in [1.29, 1.82) is 0 Å². The van der Waals surface area contributed by atoms with Gasteiger partial charge in [-0.25, -0.2) is 0 Å². The molecule has 1 unspecified atom stereocenters. The molecule has 0 amide bonds. The van der Waals surface area contributed by atoms with Crippen LogP contribution in [0.5, 0.6) is 0 Å². The molecule has 1 fully saturated rings. The van der Waals surface area contributed by atoms with Crippen LogP contribution < -0.4 is 5.32 Å². The van der Waals surface area contributed by atoms with Gasteiger partial charge in [0.1, 0.15) is 0 Å². The molecule has 1 atom stereocenters. The van der Waals surface area contributed by atoms with Crippen molar-refractivity contribution in [1.82, 2.24) is 10.2 Å². The summed E-state index contributed by atoms with van der Waals surface area (Å²) in [5.41, 5.74) is -0.198. The number of rotatable bonds is 5. The van der Waals surface area contributed by atoms with Gasteiger partial charge in [0.25, 0.3) is 0 Å². The number of ether oxygens (including phenoxy) is 1. The predicted octanol–water partition coefficient (Wildman–Crippen LogP) is 0.846. The van der Waals surface area contributed by atoms with E-state index in [2.05, 4.69) is 44.8 Å². The van der Waals surface area contributed by atoms with Crippen LogP contribution in [0.3, 0.4) is 0 Å². The third kappa shape index (κ3) is 4.21. The van der Waals surface area contributed by atoms with Crippen LogP contribution in [-0.4, -0.2) is 60.0 Å². The molecule has 0 aromatic carbocycles. The Morgan fingerprint density at radius 3 is 2.59 bits per heavy atom. The Morgan fingerprint density at radius 2 is 2.12 bits per heavy atom. The van der Waals surface area contributed by atoms with Gasteiger partial charge in [0.2, 0.25) is 0 Å². The average molecular weight is 244 g/mol. The van der Waals surface area contributed by atoms with Crippen LogP contribution in [0.2, 0.25) is 0 Å². The Bertz CT molecular complexity index is 244. The van der Waals surface area contributed by atoms with Crippen LogP contribution >= 0.6 is 0 Å². The Morgan fingerprint density at radius 1 is 1.47 bits per heavy atom. The van der Waals surface area contributed by atoms with Gasteiger partial charge in [-0.15, -0.1) is 0 Å². The SMILES string of the molecule is CC(C)NC(C)(CO)CN1CCOCC1(C)C. The van der Waals surface area contributed by atoms with E-state index in [1.54, 1.807) is 0 Å². The van der Waals surface area contributed by atoms with Gasteiger partial charge in [0.15, 0.2) is 0 Å². The maximum absolute atomic E-state index is 9.61. The second-order valence-corrected chi connectivity index (χ2v) is 6.30.